The third-order valence-electron chi connectivity index (χ3n) is 2.54. The molecule has 1 saturated carbocycles. The molecule has 0 aromatic carbocycles. The summed E-state index contributed by atoms with van der Waals surface area (Å²) in [6.07, 6.45) is 1.35. The Labute approximate surface area is 102 Å². The zero-order valence-corrected chi connectivity index (χ0v) is 10.2. The summed E-state index contributed by atoms with van der Waals surface area (Å²) >= 11 is 0.939. The van der Waals surface area contributed by atoms with E-state index in [1.165, 1.54) is 13.3 Å². The molecule has 0 N–H and O–H groups in total. The average Bonchev–Trinajstić information content (AvgIpc) is 2.85. The monoisotopic (exact) mass is 259 g/mol. The highest BCUT2D eigenvalue weighted by molar-refractivity contribution is 8.00. The second-order valence-electron chi connectivity index (χ2n) is 3.87. The van der Waals surface area contributed by atoms with E-state index >= 15 is 0 Å². The summed E-state index contributed by atoms with van der Waals surface area (Å²) in [5.41, 5.74) is 0.959. The first-order chi connectivity index (χ1) is 7.95. The van der Waals surface area contributed by atoms with Gasteiger partial charge in [-0.1, -0.05) is 11.8 Å². The van der Waals surface area contributed by atoms with Gasteiger partial charge in [-0.3, -0.25) is 0 Å². The molecule has 1 aromatic rings. The van der Waals surface area contributed by atoms with E-state index in [-0.39, 0.29) is 12.0 Å². The molecular formula is C11H11F2NO2S. The minimum Gasteiger partial charge on any atom is -0.465 e. The summed E-state index contributed by atoms with van der Waals surface area (Å²) < 4.78 is 30.3. The molecule has 3 nitrogen and oxygen atoms in total. The number of carbonyl (C=O) groups is 1. The topological polar surface area (TPSA) is 39.2 Å². The molecule has 0 spiro atoms. The predicted molar refractivity (Wildman–Crippen MR) is 59.5 cm³/mol. The van der Waals surface area contributed by atoms with E-state index in [2.05, 4.69) is 9.72 Å². The van der Waals surface area contributed by atoms with E-state index < -0.39 is 17.1 Å². The second-order valence-corrected chi connectivity index (χ2v) is 5.06. The third kappa shape index (κ3) is 2.41. The Morgan fingerprint density at radius 2 is 2.29 bits per heavy atom. The zero-order chi connectivity index (χ0) is 12.6. The maximum Gasteiger partial charge on any atom is 0.340 e. The number of aryl methyl sites for hydroxylation is 1. The molecule has 1 heterocycles. The van der Waals surface area contributed by atoms with Gasteiger partial charge in [-0.25, -0.2) is 18.6 Å². The molecular weight excluding hydrogens is 248 g/mol. The van der Waals surface area contributed by atoms with Crippen LogP contribution in [-0.2, 0) is 4.74 Å². The predicted octanol–water partition coefficient (Wildman–Crippen LogP) is 2.68. The lowest BCUT2D eigenvalue weighted by Gasteiger charge is -2.08. The molecule has 0 aliphatic heterocycles. The highest BCUT2D eigenvalue weighted by atomic mass is 32.2. The summed E-state index contributed by atoms with van der Waals surface area (Å²) in [6.45, 7) is 1.73. The van der Waals surface area contributed by atoms with Crippen LogP contribution in [0.25, 0.3) is 0 Å². The van der Waals surface area contributed by atoms with Crippen molar-refractivity contribution < 1.29 is 18.3 Å². The Kier molecular flexibility index (Phi) is 3.07. The summed E-state index contributed by atoms with van der Waals surface area (Å²) in [4.78, 5) is 15.5. The van der Waals surface area contributed by atoms with Gasteiger partial charge in [0.2, 0.25) is 0 Å². The normalized spacial score (nSPS) is 21.1. The van der Waals surface area contributed by atoms with E-state index in [0.29, 0.717) is 10.6 Å². The van der Waals surface area contributed by atoms with Crippen LogP contribution in [0.2, 0.25) is 0 Å². The van der Waals surface area contributed by atoms with Crippen molar-refractivity contribution in [2.45, 2.75) is 29.5 Å². The zero-order valence-electron chi connectivity index (χ0n) is 9.37. The summed E-state index contributed by atoms with van der Waals surface area (Å²) in [5, 5.41) is -0.459. The molecule has 1 fully saturated rings. The Hall–Kier alpha value is -1.17. The molecule has 1 aliphatic carbocycles. The lowest BCUT2D eigenvalue weighted by Crippen LogP contribution is -2.08. The van der Waals surface area contributed by atoms with Gasteiger partial charge in [0.15, 0.2) is 0 Å². The summed E-state index contributed by atoms with van der Waals surface area (Å²) in [7, 11) is 1.26. The molecule has 0 radical (unpaired) electrons. The van der Waals surface area contributed by atoms with Gasteiger partial charge in [0.25, 0.3) is 5.92 Å². The van der Waals surface area contributed by atoms with Crippen LogP contribution in [0.4, 0.5) is 8.78 Å². The maximum atomic E-state index is 12.8. The first-order valence-electron chi connectivity index (χ1n) is 5.04. The second kappa shape index (κ2) is 4.25. The number of ether oxygens (including phenoxy) is 1. The van der Waals surface area contributed by atoms with Crippen molar-refractivity contribution in [3.63, 3.8) is 0 Å². The van der Waals surface area contributed by atoms with Crippen LogP contribution >= 0.6 is 11.8 Å². The average molecular weight is 259 g/mol. The Bertz CT molecular complexity index is 465. The van der Waals surface area contributed by atoms with Gasteiger partial charge >= 0.3 is 5.97 Å². The molecule has 2 rings (SSSR count). The number of pyridine rings is 1. The molecule has 1 atom stereocenters. The Morgan fingerprint density at radius 3 is 2.82 bits per heavy atom. The van der Waals surface area contributed by atoms with E-state index in [1.54, 1.807) is 13.0 Å². The van der Waals surface area contributed by atoms with Crippen LogP contribution in [0.5, 0.6) is 0 Å². The maximum absolute atomic E-state index is 12.8. The van der Waals surface area contributed by atoms with Crippen LogP contribution in [0.15, 0.2) is 17.3 Å². The molecule has 1 unspecified atom stereocenters. The lowest BCUT2D eigenvalue weighted by atomic mass is 10.2. The fourth-order valence-corrected chi connectivity index (χ4v) is 2.66. The van der Waals surface area contributed by atoms with E-state index in [4.69, 9.17) is 0 Å². The Morgan fingerprint density at radius 1 is 1.65 bits per heavy atom. The number of nitrogens with zero attached hydrogens (tertiary/aromatic N) is 1. The number of methoxy groups -OCH3 is 1. The van der Waals surface area contributed by atoms with Crippen LogP contribution < -0.4 is 0 Å². The first-order valence-corrected chi connectivity index (χ1v) is 5.92. The third-order valence-corrected chi connectivity index (χ3v) is 3.87. The fraction of sp³-hybridized carbons (Fsp3) is 0.455. The molecule has 1 aliphatic rings. The van der Waals surface area contributed by atoms with Gasteiger partial charge in [0.05, 0.1) is 17.9 Å². The van der Waals surface area contributed by atoms with Crippen LogP contribution in [0.3, 0.4) is 0 Å². The fourth-order valence-electron chi connectivity index (χ4n) is 1.42. The summed E-state index contributed by atoms with van der Waals surface area (Å²) in [6, 6.07) is 1.65. The molecule has 17 heavy (non-hydrogen) atoms. The van der Waals surface area contributed by atoms with Gasteiger partial charge < -0.3 is 4.74 Å². The highest BCUT2D eigenvalue weighted by Crippen LogP contribution is 2.52. The van der Waals surface area contributed by atoms with Crippen molar-refractivity contribution in [2.24, 2.45) is 0 Å². The van der Waals surface area contributed by atoms with Crippen molar-refractivity contribution in [3.05, 3.63) is 23.4 Å². The molecule has 0 saturated heterocycles. The standard InChI is InChI=1S/C11H11F2NO2S/c1-6-3-4-14-9(8(6)10(15)16-2)17-7-5-11(7,12)13/h3-4,7H,5H2,1-2H3. The number of halogens is 2. The number of carbonyl (C=O) groups excluding carboxylic acids is 1. The van der Waals surface area contributed by atoms with Crippen molar-refractivity contribution in [3.8, 4) is 0 Å². The highest BCUT2D eigenvalue weighted by Gasteiger charge is 2.58. The van der Waals surface area contributed by atoms with E-state index in [1.807, 2.05) is 0 Å². The smallest absolute Gasteiger partial charge is 0.340 e. The minimum atomic E-state index is -2.64. The number of hydrogen-bond donors (Lipinski definition) is 0. The van der Waals surface area contributed by atoms with Crippen molar-refractivity contribution in [1.29, 1.82) is 0 Å². The Balaban J connectivity index is 2.27. The number of aromatic nitrogens is 1. The molecule has 92 valence electrons. The van der Waals surface area contributed by atoms with Gasteiger partial charge in [-0.15, -0.1) is 0 Å². The van der Waals surface area contributed by atoms with Crippen molar-refractivity contribution in [2.75, 3.05) is 7.11 Å². The molecule has 0 bridgehead atoms. The van der Waals surface area contributed by atoms with Crippen molar-refractivity contribution in [1.82, 2.24) is 4.98 Å². The van der Waals surface area contributed by atoms with E-state index in [0.717, 1.165) is 11.8 Å². The molecule has 0 amide bonds. The number of alkyl halides is 2. The quantitative estimate of drug-likeness (QED) is 0.782. The largest absolute Gasteiger partial charge is 0.465 e. The van der Waals surface area contributed by atoms with Crippen LogP contribution in [0.1, 0.15) is 22.3 Å². The molecule has 6 heteroatoms. The number of thioether (sulfide) groups is 1. The summed E-state index contributed by atoms with van der Waals surface area (Å²) in [5.74, 6) is -3.18. The number of esters is 1. The number of hydrogen-bond acceptors (Lipinski definition) is 4. The van der Waals surface area contributed by atoms with Gasteiger partial charge in [0, 0.05) is 12.6 Å². The lowest BCUT2D eigenvalue weighted by molar-refractivity contribution is 0.0594. The first kappa shape index (κ1) is 12.3. The molecule has 1 aromatic heterocycles. The van der Waals surface area contributed by atoms with Crippen molar-refractivity contribution >= 4 is 17.7 Å². The van der Waals surface area contributed by atoms with Crippen LogP contribution in [-0.4, -0.2) is 29.2 Å². The van der Waals surface area contributed by atoms with Gasteiger partial charge in [0.1, 0.15) is 5.03 Å². The minimum absolute atomic E-state index is 0.159. The number of rotatable bonds is 3. The van der Waals surface area contributed by atoms with Crippen LogP contribution in [0, 0.1) is 6.92 Å². The van der Waals surface area contributed by atoms with Gasteiger partial charge in [-0.2, -0.15) is 0 Å². The SMILES string of the molecule is COC(=O)c1c(C)ccnc1SC1CC1(F)F. The van der Waals surface area contributed by atoms with Gasteiger partial charge in [-0.05, 0) is 18.6 Å². The van der Waals surface area contributed by atoms with E-state index in [9.17, 15) is 13.6 Å².